The molecule has 0 aliphatic rings. The summed E-state index contributed by atoms with van der Waals surface area (Å²) in [6.07, 6.45) is 2.45. The number of pyridine rings is 1. The van der Waals surface area contributed by atoms with Crippen LogP contribution in [0.1, 0.15) is 29.5 Å². The van der Waals surface area contributed by atoms with Gasteiger partial charge in [0.1, 0.15) is 5.69 Å². The molecule has 20 heavy (non-hydrogen) atoms. The first-order valence-electron chi connectivity index (χ1n) is 6.47. The minimum atomic E-state index is -0.319. The van der Waals surface area contributed by atoms with E-state index >= 15 is 0 Å². The van der Waals surface area contributed by atoms with Crippen molar-refractivity contribution in [1.82, 2.24) is 20.1 Å². The third kappa shape index (κ3) is 3.50. The van der Waals surface area contributed by atoms with Crippen LogP contribution in [0.3, 0.4) is 0 Å². The Bertz CT molecular complexity index is 637. The zero-order valence-corrected chi connectivity index (χ0v) is 11.2. The van der Waals surface area contributed by atoms with Crippen LogP contribution in [0.2, 0.25) is 0 Å². The molecule has 0 aliphatic heterocycles. The maximum Gasteiger partial charge on any atom is 0.272 e. The number of carbonyl (C=O) groups is 1. The van der Waals surface area contributed by atoms with Crippen LogP contribution in [0.25, 0.3) is 0 Å². The highest BCUT2D eigenvalue weighted by atomic mass is 16.2. The van der Waals surface area contributed by atoms with Crippen molar-refractivity contribution >= 4 is 5.91 Å². The molecule has 0 aliphatic carbocycles. The molecular formula is C14H16N4O2. The molecule has 2 aromatic heterocycles. The van der Waals surface area contributed by atoms with Crippen LogP contribution in [0.4, 0.5) is 0 Å². The number of rotatable bonds is 5. The molecule has 1 N–H and O–H groups in total. The van der Waals surface area contributed by atoms with E-state index in [1.54, 1.807) is 6.20 Å². The first kappa shape index (κ1) is 13.9. The molecule has 0 saturated heterocycles. The average Bonchev–Trinajstić information content (AvgIpc) is 2.48. The van der Waals surface area contributed by atoms with Crippen molar-refractivity contribution in [3.8, 4) is 0 Å². The molecule has 0 radical (unpaired) electrons. The predicted octanol–water partition coefficient (Wildman–Crippen LogP) is 0.978. The molecule has 6 heteroatoms. The Hall–Kier alpha value is -2.50. The van der Waals surface area contributed by atoms with Gasteiger partial charge in [-0.2, -0.15) is 5.10 Å². The first-order valence-corrected chi connectivity index (χ1v) is 6.47. The molecule has 1 amide bonds. The fourth-order valence-electron chi connectivity index (χ4n) is 1.71. The van der Waals surface area contributed by atoms with Crippen LogP contribution in [0, 0.1) is 0 Å². The molecule has 0 bridgehead atoms. The van der Waals surface area contributed by atoms with E-state index in [4.69, 9.17) is 0 Å². The van der Waals surface area contributed by atoms with E-state index in [1.807, 2.05) is 25.1 Å². The average molecular weight is 272 g/mol. The maximum absolute atomic E-state index is 12.0. The smallest absolute Gasteiger partial charge is 0.272 e. The van der Waals surface area contributed by atoms with Crippen molar-refractivity contribution in [1.29, 1.82) is 0 Å². The summed E-state index contributed by atoms with van der Waals surface area (Å²) in [5.41, 5.74) is 0.796. The third-order valence-corrected chi connectivity index (χ3v) is 2.69. The fraction of sp³-hybridized carbons (Fsp3) is 0.286. The lowest BCUT2D eigenvalue weighted by Crippen LogP contribution is -2.29. The summed E-state index contributed by atoms with van der Waals surface area (Å²) in [5, 5.41) is 6.77. The van der Waals surface area contributed by atoms with Crippen molar-refractivity contribution in [3.63, 3.8) is 0 Å². The van der Waals surface area contributed by atoms with Gasteiger partial charge in [0.2, 0.25) is 0 Å². The highest BCUT2D eigenvalue weighted by Gasteiger charge is 2.09. The molecule has 104 valence electrons. The Morgan fingerprint density at radius 3 is 2.85 bits per heavy atom. The van der Waals surface area contributed by atoms with Gasteiger partial charge in [-0.3, -0.25) is 14.6 Å². The number of aryl methyl sites for hydroxylation is 1. The molecule has 0 saturated carbocycles. The van der Waals surface area contributed by atoms with E-state index in [0.717, 1.165) is 12.1 Å². The minimum Gasteiger partial charge on any atom is -0.345 e. The summed E-state index contributed by atoms with van der Waals surface area (Å²) in [5.74, 6) is -0.319. The van der Waals surface area contributed by atoms with Crippen LogP contribution >= 0.6 is 0 Å². The highest BCUT2D eigenvalue weighted by molar-refractivity contribution is 5.91. The Labute approximate surface area is 116 Å². The molecule has 6 nitrogen and oxygen atoms in total. The number of aromatic nitrogens is 3. The van der Waals surface area contributed by atoms with E-state index in [9.17, 15) is 9.59 Å². The van der Waals surface area contributed by atoms with E-state index in [1.165, 1.54) is 16.8 Å². The van der Waals surface area contributed by atoms with Gasteiger partial charge >= 0.3 is 0 Å². The van der Waals surface area contributed by atoms with E-state index in [0.29, 0.717) is 13.1 Å². The summed E-state index contributed by atoms with van der Waals surface area (Å²) in [6.45, 7) is 2.77. The summed E-state index contributed by atoms with van der Waals surface area (Å²) in [4.78, 5) is 27.6. The molecule has 0 aromatic carbocycles. The highest BCUT2D eigenvalue weighted by Crippen LogP contribution is 1.96. The topological polar surface area (TPSA) is 76.9 Å². The van der Waals surface area contributed by atoms with Gasteiger partial charge in [0.15, 0.2) is 0 Å². The number of hydrogen-bond acceptors (Lipinski definition) is 4. The molecular weight excluding hydrogens is 256 g/mol. The van der Waals surface area contributed by atoms with Crippen molar-refractivity contribution in [3.05, 3.63) is 58.3 Å². The standard InChI is InChI=1S/C14H16N4O2/c1-2-9-18-13(19)7-6-12(17-18)14(20)16-10-11-5-3-4-8-15-11/h3-8H,2,9-10H2,1H3,(H,16,20). The number of amides is 1. The van der Waals surface area contributed by atoms with Crippen molar-refractivity contribution in [2.75, 3.05) is 0 Å². The van der Waals surface area contributed by atoms with Crippen LogP contribution in [0.5, 0.6) is 0 Å². The predicted molar refractivity (Wildman–Crippen MR) is 74.2 cm³/mol. The number of nitrogens with zero attached hydrogens (tertiary/aromatic N) is 3. The first-order chi connectivity index (χ1) is 9.70. The largest absolute Gasteiger partial charge is 0.345 e. The summed E-state index contributed by atoms with van der Waals surface area (Å²) in [7, 11) is 0. The normalized spacial score (nSPS) is 10.2. The Kier molecular flexibility index (Phi) is 4.60. The molecule has 0 fully saturated rings. The van der Waals surface area contributed by atoms with Gasteiger partial charge in [0.25, 0.3) is 11.5 Å². The van der Waals surface area contributed by atoms with Gasteiger partial charge in [-0.15, -0.1) is 0 Å². The number of hydrogen-bond donors (Lipinski definition) is 1. The zero-order valence-electron chi connectivity index (χ0n) is 11.2. The Morgan fingerprint density at radius 2 is 2.15 bits per heavy atom. The number of nitrogens with one attached hydrogen (secondary N) is 1. The van der Waals surface area contributed by atoms with Crippen LogP contribution in [-0.4, -0.2) is 20.7 Å². The van der Waals surface area contributed by atoms with Crippen LogP contribution in [-0.2, 0) is 13.1 Å². The quantitative estimate of drug-likeness (QED) is 0.880. The summed E-state index contributed by atoms with van der Waals surface area (Å²) >= 11 is 0. The maximum atomic E-state index is 12.0. The van der Waals surface area contributed by atoms with Gasteiger partial charge < -0.3 is 5.32 Å². The lowest BCUT2D eigenvalue weighted by molar-refractivity contribution is 0.0942. The van der Waals surface area contributed by atoms with Gasteiger partial charge in [-0.05, 0) is 24.6 Å². The second-order valence-electron chi connectivity index (χ2n) is 4.28. The SMILES string of the molecule is CCCn1nc(C(=O)NCc2ccccn2)ccc1=O. The van der Waals surface area contributed by atoms with E-state index < -0.39 is 0 Å². The van der Waals surface area contributed by atoms with Crippen molar-refractivity contribution in [2.24, 2.45) is 0 Å². The third-order valence-electron chi connectivity index (χ3n) is 2.69. The van der Waals surface area contributed by atoms with Crippen LogP contribution in [0.15, 0.2) is 41.3 Å². The second kappa shape index (κ2) is 6.60. The van der Waals surface area contributed by atoms with E-state index in [2.05, 4.69) is 15.4 Å². The molecule has 0 unspecified atom stereocenters. The Morgan fingerprint density at radius 1 is 1.30 bits per heavy atom. The molecule has 2 aromatic rings. The van der Waals surface area contributed by atoms with E-state index in [-0.39, 0.29) is 17.2 Å². The van der Waals surface area contributed by atoms with Crippen molar-refractivity contribution < 1.29 is 4.79 Å². The fourth-order valence-corrected chi connectivity index (χ4v) is 1.71. The molecule has 2 rings (SSSR count). The van der Waals surface area contributed by atoms with Gasteiger partial charge in [0.05, 0.1) is 12.2 Å². The lowest BCUT2D eigenvalue weighted by Gasteiger charge is -2.06. The lowest BCUT2D eigenvalue weighted by atomic mass is 10.3. The molecule has 2 heterocycles. The minimum absolute atomic E-state index is 0.201. The Balaban J connectivity index is 2.06. The monoisotopic (exact) mass is 272 g/mol. The molecule has 0 spiro atoms. The summed E-state index contributed by atoms with van der Waals surface area (Å²) in [6, 6.07) is 8.29. The molecule has 0 atom stereocenters. The van der Waals surface area contributed by atoms with Gasteiger partial charge in [-0.25, -0.2) is 4.68 Å². The number of carbonyl (C=O) groups excluding carboxylic acids is 1. The van der Waals surface area contributed by atoms with Crippen molar-refractivity contribution in [2.45, 2.75) is 26.4 Å². The van der Waals surface area contributed by atoms with Crippen LogP contribution < -0.4 is 10.9 Å². The second-order valence-corrected chi connectivity index (χ2v) is 4.28. The zero-order chi connectivity index (χ0) is 14.4. The van der Waals surface area contributed by atoms with Gasteiger partial charge in [0, 0.05) is 18.8 Å². The van der Waals surface area contributed by atoms with Gasteiger partial charge in [-0.1, -0.05) is 13.0 Å². The summed E-state index contributed by atoms with van der Waals surface area (Å²) < 4.78 is 1.30.